The van der Waals surface area contributed by atoms with Crippen LogP contribution in [0, 0.1) is 12.3 Å². The van der Waals surface area contributed by atoms with Gasteiger partial charge in [-0.3, -0.25) is 0 Å². The van der Waals surface area contributed by atoms with E-state index in [0.29, 0.717) is 17.5 Å². The fourth-order valence-corrected chi connectivity index (χ4v) is 6.72. The van der Waals surface area contributed by atoms with Crippen molar-refractivity contribution >= 4 is 54.6 Å². The van der Waals surface area contributed by atoms with Crippen LogP contribution in [0.1, 0.15) is 18.3 Å². The summed E-state index contributed by atoms with van der Waals surface area (Å²) in [5, 5.41) is 2.85. The highest BCUT2D eigenvalue weighted by Gasteiger charge is 2.19. The quantitative estimate of drug-likeness (QED) is 0.136. The highest BCUT2D eigenvalue weighted by atomic mass is 32.1. The first-order chi connectivity index (χ1) is 23.1. The van der Waals surface area contributed by atoms with Crippen molar-refractivity contribution in [1.29, 1.82) is 0 Å². The number of hydrogen-bond donors (Lipinski definition) is 0. The predicted octanol–water partition coefficient (Wildman–Crippen LogP) is 10.5. The van der Waals surface area contributed by atoms with Gasteiger partial charge in [-0.15, -0.1) is 17.8 Å². The maximum atomic E-state index is 6.36. The first-order valence-corrected chi connectivity index (χ1v) is 16.0. The number of thiazole rings is 1. The van der Waals surface area contributed by atoms with Gasteiger partial charge in [0.05, 0.1) is 10.2 Å². The zero-order chi connectivity index (χ0) is 31.7. The number of hydrogen-bond acceptors (Lipinski definition) is 6. The van der Waals surface area contributed by atoms with Gasteiger partial charge in [-0.2, -0.15) is 0 Å². The predicted molar refractivity (Wildman–Crippen MR) is 193 cm³/mol. The van der Waals surface area contributed by atoms with Crippen molar-refractivity contribution in [1.82, 2.24) is 19.9 Å². The molecule has 0 saturated heterocycles. The maximum Gasteiger partial charge on any atom is 0.164 e. The minimum atomic E-state index is 0.488. The smallest absolute Gasteiger partial charge is 0.164 e. The number of rotatable bonds is 6. The summed E-state index contributed by atoms with van der Waals surface area (Å²) in [6.45, 7) is 2.06. The minimum absolute atomic E-state index is 0.488. The lowest BCUT2D eigenvalue weighted by atomic mass is 10.0. The number of furan rings is 1. The van der Waals surface area contributed by atoms with E-state index in [1.165, 1.54) is 0 Å². The third-order valence-corrected chi connectivity index (χ3v) is 9.13. The van der Waals surface area contributed by atoms with Crippen LogP contribution in [0.25, 0.3) is 76.6 Å². The van der Waals surface area contributed by atoms with Gasteiger partial charge in [0, 0.05) is 33.0 Å². The van der Waals surface area contributed by atoms with E-state index in [0.717, 1.165) is 70.6 Å². The average molecular weight is 623 g/mol. The van der Waals surface area contributed by atoms with E-state index in [-0.39, 0.29) is 0 Å². The van der Waals surface area contributed by atoms with Crippen LogP contribution in [0.2, 0.25) is 0 Å². The van der Waals surface area contributed by atoms with Crippen LogP contribution in [0.3, 0.4) is 0 Å². The van der Waals surface area contributed by atoms with E-state index in [1.807, 2.05) is 97.1 Å². The Labute approximate surface area is 275 Å². The number of para-hydroxylation sites is 1. The summed E-state index contributed by atoms with van der Waals surface area (Å²) in [4.78, 5) is 19.9. The molecule has 0 amide bonds. The van der Waals surface area contributed by atoms with Crippen LogP contribution in [-0.4, -0.2) is 19.9 Å². The van der Waals surface area contributed by atoms with Crippen LogP contribution in [0.4, 0.5) is 0 Å². The Morgan fingerprint density at radius 2 is 1.49 bits per heavy atom. The fraction of sp³-hybridized carbons (Fsp3) is 0.0244. The van der Waals surface area contributed by atoms with Crippen molar-refractivity contribution in [2.45, 2.75) is 6.92 Å². The maximum absolute atomic E-state index is 6.36. The molecule has 3 heterocycles. The van der Waals surface area contributed by atoms with Gasteiger partial charge in [-0.1, -0.05) is 90.8 Å². The molecule has 0 saturated carbocycles. The lowest BCUT2D eigenvalue weighted by Gasteiger charge is -2.10. The number of benzene rings is 5. The van der Waals surface area contributed by atoms with Gasteiger partial charge in [-0.25, -0.2) is 19.9 Å². The molecule has 0 N–H and O–H groups in total. The van der Waals surface area contributed by atoms with Crippen LogP contribution in [-0.2, 0) is 0 Å². The molecule has 0 radical (unpaired) electrons. The number of fused-ring (bicyclic) bond motifs is 4. The summed E-state index contributed by atoms with van der Waals surface area (Å²) in [6.07, 6.45) is 9.58. The number of nitrogens with zero attached hydrogens (tertiary/aromatic N) is 4. The number of terminal acetylenes is 1. The summed E-state index contributed by atoms with van der Waals surface area (Å²) in [5.41, 5.74) is 8.12. The van der Waals surface area contributed by atoms with Gasteiger partial charge in [0.1, 0.15) is 16.2 Å². The Balaban J connectivity index is 1.33. The molecule has 0 spiro atoms. The highest BCUT2D eigenvalue weighted by Crippen LogP contribution is 2.39. The molecule has 0 unspecified atom stereocenters. The molecule has 6 heteroatoms. The minimum Gasteiger partial charge on any atom is -0.456 e. The van der Waals surface area contributed by atoms with Crippen LogP contribution >= 0.6 is 11.3 Å². The van der Waals surface area contributed by atoms with Crippen LogP contribution < -0.4 is 0 Å². The Morgan fingerprint density at radius 3 is 2.30 bits per heavy atom. The molecule has 5 nitrogen and oxygen atoms in total. The zero-order valence-electron chi connectivity index (χ0n) is 25.4. The normalized spacial score (nSPS) is 12.2. The van der Waals surface area contributed by atoms with E-state index in [2.05, 4.69) is 43.2 Å². The first-order valence-electron chi connectivity index (χ1n) is 15.2. The molecule has 47 heavy (non-hydrogen) atoms. The highest BCUT2D eigenvalue weighted by molar-refractivity contribution is 7.21. The Hall–Kier alpha value is -6.16. The lowest BCUT2D eigenvalue weighted by Crippen LogP contribution is -2.03. The molecular formula is C41H26N4OS. The SMILES string of the molecule is C#C/C=C(\C=C(/C)c1ccccc1)c1nc(-c2ccccc2)nc(-c2cccc3oc4ccc(-c5nc6ccccc6s5)cc4c23)n1. The second-order valence-corrected chi connectivity index (χ2v) is 12.1. The summed E-state index contributed by atoms with van der Waals surface area (Å²) in [7, 11) is 0. The molecular weight excluding hydrogens is 597 g/mol. The number of aromatic nitrogens is 4. The zero-order valence-corrected chi connectivity index (χ0v) is 26.2. The van der Waals surface area contributed by atoms with E-state index in [4.69, 9.17) is 30.8 Å². The van der Waals surface area contributed by atoms with Gasteiger partial charge < -0.3 is 4.42 Å². The van der Waals surface area contributed by atoms with E-state index in [1.54, 1.807) is 17.4 Å². The van der Waals surface area contributed by atoms with Crippen molar-refractivity contribution < 1.29 is 4.42 Å². The summed E-state index contributed by atoms with van der Waals surface area (Å²) in [5.74, 6) is 4.27. The van der Waals surface area contributed by atoms with Crippen molar-refractivity contribution in [3.8, 4) is 45.7 Å². The molecule has 0 atom stereocenters. The Morgan fingerprint density at radius 1 is 0.723 bits per heavy atom. The van der Waals surface area contributed by atoms with Crippen molar-refractivity contribution in [2.24, 2.45) is 0 Å². The van der Waals surface area contributed by atoms with Gasteiger partial charge in [0.25, 0.3) is 0 Å². The monoisotopic (exact) mass is 622 g/mol. The first kappa shape index (κ1) is 28.3. The van der Waals surface area contributed by atoms with Gasteiger partial charge in [-0.05, 0) is 66.6 Å². The summed E-state index contributed by atoms with van der Waals surface area (Å²) >= 11 is 1.68. The van der Waals surface area contributed by atoms with Gasteiger partial charge in [0.15, 0.2) is 17.5 Å². The standard InChI is InChI=1S/C41H26N4OS/c1-3-13-29(24-26(2)27-14-6-4-7-15-27)39-43-38(28-16-8-5-9-17-28)44-40(45-39)31-18-12-20-35-37(31)32-25-30(22-23-34(32)46-35)41-42-33-19-10-11-21-36(33)47-41/h1,4-25H,2H3/b26-24+,29-13+. The largest absolute Gasteiger partial charge is 0.456 e. The molecule has 222 valence electrons. The van der Waals surface area contributed by atoms with Crippen molar-refractivity contribution in [3.63, 3.8) is 0 Å². The summed E-state index contributed by atoms with van der Waals surface area (Å²) < 4.78 is 7.51. The molecule has 5 aromatic carbocycles. The molecule has 0 aliphatic heterocycles. The molecule has 3 aromatic heterocycles. The van der Waals surface area contributed by atoms with Gasteiger partial charge >= 0.3 is 0 Å². The molecule has 0 fully saturated rings. The molecule has 8 rings (SSSR count). The second kappa shape index (κ2) is 12.0. The van der Waals surface area contributed by atoms with Gasteiger partial charge in [0.2, 0.25) is 0 Å². The molecule has 0 aliphatic rings. The molecule has 0 bridgehead atoms. The fourth-order valence-electron chi connectivity index (χ4n) is 5.76. The summed E-state index contributed by atoms with van der Waals surface area (Å²) in [6, 6.07) is 40.5. The average Bonchev–Trinajstić information content (AvgIpc) is 3.73. The Kier molecular flexibility index (Phi) is 7.22. The number of allylic oxidation sites excluding steroid dienone is 4. The van der Waals surface area contributed by atoms with Crippen molar-refractivity contribution in [2.75, 3.05) is 0 Å². The van der Waals surface area contributed by atoms with Crippen molar-refractivity contribution in [3.05, 3.63) is 145 Å². The van der Waals surface area contributed by atoms with Crippen LogP contribution in [0.5, 0.6) is 0 Å². The molecule has 8 aromatic rings. The van der Waals surface area contributed by atoms with E-state index >= 15 is 0 Å². The topological polar surface area (TPSA) is 64.7 Å². The third kappa shape index (κ3) is 5.39. The Bertz CT molecular complexity index is 2500. The third-order valence-electron chi connectivity index (χ3n) is 8.04. The van der Waals surface area contributed by atoms with E-state index in [9.17, 15) is 0 Å². The second-order valence-electron chi connectivity index (χ2n) is 11.1. The lowest BCUT2D eigenvalue weighted by molar-refractivity contribution is 0.669. The van der Waals surface area contributed by atoms with Crippen LogP contribution in [0.15, 0.2) is 138 Å². The van der Waals surface area contributed by atoms with E-state index < -0.39 is 0 Å². The molecule has 0 aliphatic carbocycles.